The summed E-state index contributed by atoms with van der Waals surface area (Å²) >= 11 is 0. The second kappa shape index (κ2) is 3.94. The Hall–Kier alpha value is 0.0283. The molecule has 0 bridgehead atoms. The van der Waals surface area contributed by atoms with Crippen molar-refractivity contribution in [2.75, 3.05) is 0 Å². The number of rotatable bonds is 0. The van der Waals surface area contributed by atoms with Gasteiger partial charge in [-0.25, -0.2) is 0 Å². The van der Waals surface area contributed by atoms with Gasteiger partial charge < -0.3 is 11.5 Å². The summed E-state index contributed by atoms with van der Waals surface area (Å²) in [7, 11) is 0. The van der Waals surface area contributed by atoms with Crippen LogP contribution >= 0.6 is 0 Å². The normalized spacial score (nSPS) is 19.1. The molecule has 0 saturated heterocycles. The molecule has 1 aliphatic carbocycles. The van der Waals surface area contributed by atoms with E-state index in [9.17, 15) is 0 Å². The molecule has 0 radical (unpaired) electrons. The molecule has 0 heterocycles. The fourth-order valence-corrected chi connectivity index (χ4v) is 0.952. The minimum Gasteiger partial charge on any atom is -0.401 e. The van der Waals surface area contributed by atoms with E-state index < -0.39 is 0 Å². The molecular weight excluding hydrogens is 295 g/mol. The van der Waals surface area contributed by atoms with Crippen molar-refractivity contribution in [3.8, 4) is 0 Å². The second-order valence-electron chi connectivity index (χ2n) is 2.26. The molecule has 0 aromatic heterocycles. The number of allylic oxidation sites excluding steroid dienone is 2. The van der Waals surface area contributed by atoms with E-state index in [4.69, 9.17) is 11.5 Å². The molecule has 1 aliphatic rings. The third kappa shape index (κ3) is 2.40. The molecule has 0 saturated carbocycles. The van der Waals surface area contributed by atoms with E-state index >= 15 is 0 Å². The van der Waals surface area contributed by atoms with Crippen LogP contribution in [0.25, 0.3) is 0 Å². The molecule has 0 aromatic carbocycles. The molecule has 0 aliphatic heterocycles. The fourth-order valence-electron chi connectivity index (χ4n) is 0.952. The van der Waals surface area contributed by atoms with Crippen molar-refractivity contribution in [2.24, 2.45) is 11.5 Å². The molecule has 0 unspecified atom stereocenters. The van der Waals surface area contributed by atoms with Crippen LogP contribution in [0, 0.1) is 0 Å². The van der Waals surface area contributed by atoms with Gasteiger partial charge in [-0.1, -0.05) is 0 Å². The van der Waals surface area contributed by atoms with Gasteiger partial charge in [0.1, 0.15) is 0 Å². The minimum atomic E-state index is 0. The van der Waals surface area contributed by atoms with Crippen LogP contribution in [0.5, 0.6) is 0 Å². The Morgan fingerprint density at radius 1 is 0.889 bits per heavy atom. The van der Waals surface area contributed by atoms with Crippen molar-refractivity contribution in [2.45, 2.75) is 25.7 Å². The standard InChI is InChI=1S/C6H12N2.Pt/c7-5-3-1-2-4-6(5)8;/h1-4,7-8H2;/q;+2. The predicted molar refractivity (Wildman–Crippen MR) is 33.9 cm³/mol. The summed E-state index contributed by atoms with van der Waals surface area (Å²) in [6.07, 6.45) is 4.44. The maximum Gasteiger partial charge on any atom is 2.00 e. The summed E-state index contributed by atoms with van der Waals surface area (Å²) in [5, 5.41) is 0. The minimum absolute atomic E-state index is 0. The largest absolute Gasteiger partial charge is 2.00 e. The van der Waals surface area contributed by atoms with Crippen LogP contribution in [0.15, 0.2) is 11.4 Å². The molecular formula is C6H12N2Pt+2. The van der Waals surface area contributed by atoms with Gasteiger partial charge in [0.15, 0.2) is 0 Å². The molecule has 0 spiro atoms. The monoisotopic (exact) mass is 307 g/mol. The average molecular weight is 307 g/mol. The summed E-state index contributed by atoms with van der Waals surface area (Å²) in [6, 6.07) is 0. The fraction of sp³-hybridized carbons (Fsp3) is 0.667. The van der Waals surface area contributed by atoms with E-state index in [2.05, 4.69) is 0 Å². The molecule has 0 amide bonds. The van der Waals surface area contributed by atoms with Crippen LogP contribution in [0.2, 0.25) is 0 Å². The van der Waals surface area contributed by atoms with Gasteiger partial charge in [-0.15, -0.1) is 0 Å². The summed E-state index contributed by atoms with van der Waals surface area (Å²) in [5.74, 6) is 0. The van der Waals surface area contributed by atoms with Crippen LogP contribution in [-0.2, 0) is 21.1 Å². The number of hydrogen-bond donors (Lipinski definition) is 2. The summed E-state index contributed by atoms with van der Waals surface area (Å²) in [4.78, 5) is 0. The van der Waals surface area contributed by atoms with Gasteiger partial charge in [-0.05, 0) is 25.7 Å². The predicted octanol–water partition coefficient (Wildman–Crippen LogP) is 0.687. The van der Waals surface area contributed by atoms with Gasteiger partial charge in [0, 0.05) is 11.4 Å². The van der Waals surface area contributed by atoms with Crippen molar-refractivity contribution in [1.82, 2.24) is 0 Å². The second-order valence-corrected chi connectivity index (χ2v) is 2.26. The van der Waals surface area contributed by atoms with E-state index in [1.165, 1.54) is 12.8 Å². The molecule has 54 valence electrons. The maximum atomic E-state index is 5.53. The average Bonchev–Trinajstić information content (AvgIpc) is 1.77. The SMILES string of the molecule is NC1=C(N)CCCC1.[Pt+2]. The Kier molecular flexibility index (Phi) is 3.96. The summed E-state index contributed by atoms with van der Waals surface area (Å²) in [6.45, 7) is 0. The van der Waals surface area contributed by atoms with Crippen LogP contribution in [0.4, 0.5) is 0 Å². The molecule has 0 atom stereocenters. The van der Waals surface area contributed by atoms with Crippen molar-refractivity contribution >= 4 is 0 Å². The zero-order valence-corrected chi connectivity index (χ0v) is 7.57. The van der Waals surface area contributed by atoms with Gasteiger partial charge in [0.05, 0.1) is 0 Å². The van der Waals surface area contributed by atoms with E-state index in [-0.39, 0.29) is 21.1 Å². The number of hydrogen-bond acceptors (Lipinski definition) is 2. The molecule has 2 nitrogen and oxygen atoms in total. The Morgan fingerprint density at radius 2 is 1.22 bits per heavy atom. The first-order valence-corrected chi connectivity index (χ1v) is 3.03. The molecule has 4 N–H and O–H groups in total. The quantitative estimate of drug-likeness (QED) is 0.692. The first-order chi connectivity index (χ1) is 3.80. The van der Waals surface area contributed by atoms with Gasteiger partial charge in [-0.2, -0.15) is 0 Å². The molecule has 0 aromatic rings. The van der Waals surface area contributed by atoms with Crippen LogP contribution in [-0.4, -0.2) is 0 Å². The van der Waals surface area contributed by atoms with Gasteiger partial charge in [0.2, 0.25) is 0 Å². The first-order valence-electron chi connectivity index (χ1n) is 3.03. The Balaban J connectivity index is 0.000000640. The molecule has 9 heavy (non-hydrogen) atoms. The molecule has 1 rings (SSSR count). The molecule has 3 heteroatoms. The van der Waals surface area contributed by atoms with Gasteiger partial charge >= 0.3 is 21.1 Å². The third-order valence-electron chi connectivity index (χ3n) is 1.55. The Morgan fingerprint density at radius 3 is 1.44 bits per heavy atom. The van der Waals surface area contributed by atoms with Crippen molar-refractivity contribution in [1.29, 1.82) is 0 Å². The van der Waals surface area contributed by atoms with Gasteiger partial charge in [0.25, 0.3) is 0 Å². The topological polar surface area (TPSA) is 52.0 Å². The smallest absolute Gasteiger partial charge is 0.401 e. The Bertz CT molecular complexity index is 106. The van der Waals surface area contributed by atoms with Gasteiger partial charge in [-0.3, -0.25) is 0 Å². The van der Waals surface area contributed by atoms with Crippen molar-refractivity contribution < 1.29 is 21.1 Å². The van der Waals surface area contributed by atoms with Crippen LogP contribution in [0.1, 0.15) is 25.7 Å². The van der Waals surface area contributed by atoms with E-state index in [1.807, 2.05) is 0 Å². The molecule has 0 fully saturated rings. The third-order valence-corrected chi connectivity index (χ3v) is 1.55. The summed E-state index contributed by atoms with van der Waals surface area (Å²) < 4.78 is 0. The summed E-state index contributed by atoms with van der Waals surface area (Å²) in [5.41, 5.74) is 12.9. The number of nitrogens with two attached hydrogens (primary N) is 2. The first kappa shape index (κ1) is 9.03. The van der Waals surface area contributed by atoms with Crippen molar-refractivity contribution in [3.05, 3.63) is 11.4 Å². The van der Waals surface area contributed by atoms with E-state index in [0.29, 0.717) is 0 Å². The van der Waals surface area contributed by atoms with E-state index in [0.717, 1.165) is 24.2 Å². The Labute approximate surface area is 69.9 Å². The van der Waals surface area contributed by atoms with E-state index in [1.54, 1.807) is 0 Å². The van der Waals surface area contributed by atoms with Crippen LogP contribution < -0.4 is 11.5 Å². The zero-order valence-electron chi connectivity index (χ0n) is 5.30. The van der Waals surface area contributed by atoms with Crippen LogP contribution in [0.3, 0.4) is 0 Å². The van der Waals surface area contributed by atoms with Crippen molar-refractivity contribution in [3.63, 3.8) is 0 Å². The zero-order chi connectivity index (χ0) is 5.98. The maximum absolute atomic E-state index is 5.53.